The van der Waals surface area contributed by atoms with E-state index in [9.17, 15) is 14.4 Å². The van der Waals surface area contributed by atoms with Crippen LogP contribution in [-0.2, 0) is 24.6 Å². The maximum atomic E-state index is 13.8. The molecule has 0 radical (unpaired) electrons. The molecule has 7 nitrogen and oxygen atoms in total. The van der Waals surface area contributed by atoms with Gasteiger partial charge in [0.25, 0.3) is 5.91 Å². The predicted octanol–water partition coefficient (Wildman–Crippen LogP) is 5.16. The van der Waals surface area contributed by atoms with Crippen LogP contribution in [0, 0.1) is 0 Å². The van der Waals surface area contributed by atoms with E-state index in [-0.39, 0.29) is 5.69 Å². The van der Waals surface area contributed by atoms with Crippen LogP contribution in [0.5, 0.6) is 0 Å². The standard InChI is InChI=1S/C24H27NO6/c1-22(2,3)29-20(27)25-18-15-11-10-14-17(18)24(19(25)26,16-12-8-7-9-13-16)31-21(28)30-23(4,5)6/h7-15H,1-6H3/t24-/m1/s1. The number of ether oxygens (including phenoxy) is 3. The van der Waals surface area contributed by atoms with Crippen molar-refractivity contribution in [1.29, 1.82) is 0 Å². The van der Waals surface area contributed by atoms with Crippen molar-refractivity contribution in [2.45, 2.75) is 58.3 Å². The van der Waals surface area contributed by atoms with Crippen LogP contribution >= 0.6 is 0 Å². The van der Waals surface area contributed by atoms with Crippen molar-refractivity contribution < 1.29 is 28.6 Å². The van der Waals surface area contributed by atoms with Crippen LogP contribution in [0.3, 0.4) is 0 Å². The molecule has 31 heavy (non-hydrogen) atoms. The Hall–Kier alpha value is -3.35. The fourth-order valence-electron chi connectivity index (χ4n) is 3.34. The van der Waals surface area contributed by atoms with E-state index in [1.165, 1.54) is 0 Å². The summed E-state index contributed by atoms with van der Waals surface area (Å²) in [6, 6.07) is 15.2. The summed E-state index contributed by atoms with van der Waals surface area (Å²) in [5.41, 5.74) is -2.52. The maximum absolute atomic E-state index is 13.8. The second kappa shape index (κ2) is 7.72. The molecule has 164 valence electrons. The number of imide groups is 1. The molecule has 2 aromatic carbocycles. The van der Waals surface area contributed by atoms with Crippen LogP contribution in [-0.4, -0.2) is 29.4 Å². The van der Waals surface area contributed by atoms with Crippen molar-refractivity contribution in [3.8, 4) is 0 Å². The molecule has 0 aromatic heterocycles. The van der Waals surface area contributed by atoms with Crippen LogP contribution in [0.2, 0.25) is 0 Å². The number of anilines is 1. The molecule has 0 aliphatic carbocycles. The Morgan fingerprint density at radius 2 is 1.35 bits per heavy atom. The van der Waals surface area contributed by atoms with Gasteiger partial charge in [0.15, 0.2) is 0 Å². The van der Waals surface area contributed by atoms with Crippen LogP contribution < -0.4 is 4.90 Å². The number of rotatable bonds is 2. The zero-order valence-electron chi connectivity index (χ0n) is 18.6. The minimum absolute atomic E-state index is 0.286. The van der Waals surface area contributed by atoms with Crippen molar-refractivity contribution >= 4 is 23.8 Å². The summed E-state index contributed by atoms with van der Waals surface area (Å²) in [6.45, 7) is 10.2. The van der Waals surface area contributed by atoms with E-state index in [2.05, 4.69) is 0 Å². The molecule has 1 heterocycles. The Morgan fingerprint density at radius 3 is 1.94 bits per heavy atom. The van der Waals surface area contributed by atoms with Gasteiger partial charge in [-0.3, -0.25) is 4.79 Å². The van der Waals surface area contributed by atoms with E-state index in [0.717, 1.165) is 4.90 Å². The van der Waals surface area contributed by atoms with Gasteiger partial charge in [-0.05, 0) is 47.6 Å². The number of para-hydroxylation sites is 1. The second-order valence-corrected chi connectivity index (χ2v) is 9.25. The number of hydrogen-bond donors (Lipinski definition) is 0. The number of carbonyl (C=O) groups excluding carboxylic acids is 3. The molecule has 1 aliphatic rings. The monoisotopic (exact) mass is 425 g/mol. The molecular formula is C24H27NO6. The van der Waals surface area contributed by atoms with Crippen molar-refractivity contribution in [3.63, 3.8) is 0 Å². The van der Waals surface area contributed by atoms with E-state index in [4.69, 9.17) is 14.2 Å². The Kier molecular flexibility index (Phi) is 5.56. The summed E-state index contributed by atoms with van der Waals surface area (Å²) in [5.74, 6) is -0.750. The highest BCUT2D eigenvalue weighted by Gasteiger charge is 2.58. The van der Waals surface area contributed by atoms with Crippen molar-refractivity contribution in [2.24, 2.45) is 0 Å². The first-order valence-corrected chi connectivity index (χ1v) is 10.00. The SMILES string of the molecule is CC(C)(C)OC(=O)O[C@@]1(c2ccccc2)C(=O)N(C(=O)OC(C)(C)C)c2ccccc21. The highest BCUT2D eigenvalue weighted by Crippen LogP contribution is 2.47. The van der Waals surface area contributed by atoms with Crippen molar-refractivity contribution in [3.05, 3.63) is 65.7 Å². The van der Waals surface area contributed by atoms with Crippen LogP contribution in [0.4, 0.5) is 15.3 Å². The quantitative estimate of drug-likeness (QED) is 0.618. The number of hydrogen-bond acceptors (Lipinski definition) is 6. The van der Waals surface area contributed by atoms with E-state index in [1.807, 2.05) is 0 Å². The van der Waals surface area contributed by atoms with Crippen molar-refractivity contribution in [2.75, 3.05) is 4.90 Å². The van der Waals surface area contributed by atoms with E-state index < -0.39 is 35.0 Å². The number of nitrogens with zero attached hydrogens (tertiary/aromatic N) is 1. The summed E-state index contributed by atoms with van der Waals surface area (Å²) >= 11 is 0. The highest BCUT2D eigenvalue weighted by molar-refractivity contribution is 6.22. The lowest BCUT2D eigenvalue weighted by molar-refractivity contribution is -0.136. The van der Waals surface area contributed by atoms with Gasteiger partial charge in [0.2, 0.25) is 5.60 Å². The molecule has 2 amide bonds. The molecule has 0 N–H and O–H groups in total. The van der Waals surface area contributed by atoms with Crippen LogP contribution in [0.25, 0.3) is 0 Å². The number of carbonyl (C=O) groups is 3. The van der Waals surface area contributed by atoms with Gasteiger partial charge in [0, 0.05) is 11.1 Å². The predicted molar refractivity (Wildman–Crippen MR) is 115 cm³/mol. The minimum atomic E-state index is -1.89. The van der Waals surface area contributed by atoms with Gasteiger partial charge < -0.3 is 14.2 Å². The molecule has 0 unspecified atom stereocenters. The molecule has 2 aromatic rings. The lowest BCUT2D eigenvalue weighted by atomic mass is 9.87. The zero-order chi connectivity index (χ0) is 23.0. The Bertz CT molecular complexity index is 1000. The molecule has 3 rings (SSSR count). The molecule has 1 atom stereocenters. The van der Waals surface area contributed by atoms with E-state index in [0.29, 0.717) is 11.1 Å². The zero-order valence-corrected chi connectivity index (χ0v) is 18.6. The van der Waals surface area contributed by atoms with Crippen molar-refractivity contribution in [1.82, 2.24) is 0 Å². The summed E-state index contributed by atoms with van der Waals surface area (Å²) in [7, 11) is 0. The molecular weight excluding hydrogens is 398 g/mol. The first kappa shape index (κ1) is 22.3. The van der Waals surface area contributed by atoms with Gasteiger partial charge in [-0.1, -0.05) is 48.5 Å². The van der Waals surface area contributed by atoms with Crippen LogP contribution in [0.15, 0.2) is 54.6 Å². The summed E-state index contributed by atoms with van der Waals surface area (Å²) in [6.07, 6.45) is -1.87. The average molecular weight is 425 g/mol. The van der Waals surface area contributed by atoms with Gasteiger partial charge in [0.1, 0.15) is 11.2 Å². The molecule has 0 bridgehead atoms. The first-order valence-electron chi connectivity index (χ1n) is 10.00. The number of amides is 2. The van der Waals surface area contributed by atoms with E-state index >= 15 is 0 Å². The molecule has 1 aliphatic heterocycles. The summed E-state index contributed by atoms with van der Waals surface area (Å²) < 4.78 is 16.5. The Labute approximate surface area is 181 Å². The van der Waals surface area contributed by atoms with Gasteiger partial charge >= 0.3 is 12.2 Å². The third-order valence-corrected chi connectivity index (χ3v) is 4.41. The normalized spacial score (nSPS) is 18.4. The molecule has 0 saturated heterocycles. The second-order valence-electron chi connectivity index (χ2n) is 9.25. The largest absolute Gasteiger partial charge is 0.510 e. The highest BCUT2D eigenvalue weighted by atomic mass is 16.7. The van der Waals surface area contributed by atoms with Crippen LogP contribution in [0.1, 0.15) is 52.7 Å². The summed E-state index contributed by atoms with van der Waals surface area (Å²) in [5, 5.41) is 0. The van der Waals surface area contributed by atoms with Gasteiger partial charge in [-0.2, -0.15) is 0 Å². The molecule has 7 heteroatoms. The maximum Gasteiger partial charge on any atom is 0.510 e. The first-order chi connectivity index (χ1) is 14.3. The average Bonchev–Trinajstić information content (AvgIpc) is 2.89. The molecule has 0 spiro atoms. The van der Waals surface area contributed by atoms with Gasteiger partial charge in [0.05, 0.1) is 5.69 Å². The smallest absolute Gasteiger partial charge is 0.443 e. The minimum Gasteiger partial charge on any atom is -0.443 e. The Balaban J connectivity index is 2.18. The fraction of sp³-hybridized carbons (Fsp3) is 0.375. The third-order valence-electron chi connectivity index (χ3n) is 4.41. The summed E-state index contributed by atoms with van der Waals surface area (Å²) in [4.78, 5) is 40.4. The topological polar surface area (TPSA) is 82.1 Å². The lowest BCUT2D eigenvalue weighted by Crippen LogP contribution is -2.48. The van der Waals surface area contributed by atoms with Gasteiger partial charge in [-0.15, -0.1) is 0 Å². The van der Waals surface area contributed by atoms with Gasteiger partial charge in [-0.25, -0.2) is 14.5 Å². The lowest BCUT2D eigenvalue weighted by Gasteiger charge is -2.30. The fourth-order valence-corrected chi connectivity index (χ4v) is 3.34. The molecule has 0 fully saturated rings. The third kappa shape index (κ3) is 4.40. The number of benzene rings is 2. The molecule has 0 saturated carbocycles. The number of fused-ring (bicyclic) bond motifs is 1. The Morgan fingerprint density at radius 1 is 0.806 bits per heavy atom. The van der Waals surface area contributed by atoms with E-state index in [1.54, 1.807) is 96.1 Å².